The average molecular weight is 186 g/mol. The van der Waals surface area contributed by atoms with Crippen molar-refractivity contribution in [2.75, 3.05) is 6.61 Å². The number of ether oxygens (including phenoxy) is 1. The zero-order valence-corrected chi connectivity index (χ0v) is 8.63. The standard InChI is InChI=1S/C10H18O3/c1-4-5-6-10(12)13-7-8(2)9(3)11/h8H,4-7H2,1-3H3. The van der Waals surface area contributed by atoms with Crippen molar-refractivity contribution in [1.29, 1.82) is 0 Å². The minimum absolute atomic E-state index is 0.0586. The SMILES string of the molecule is CCCCC(=O)OCC(C)C(C)=O. The maximum absolute atomic E-state index is 11.0. The third-order valence-electron chi connectivity index (χ3n) is 1.92. The third-order valence-corrected chi connectivity index (χ3v) is 1.92. The van der Waals surface area contributed by atoms with Crippen molar-refractivity contribution < 1.29 is 14.3 Å². The Balaban J connectivity index is 3.52. The summed E-state index contributed by atoms with van der Waals surface area (Å²) in [6.07, 6.45) is 2.30. The van der Waals surface area contributed by atoms with E-state index in [4.69, 9.17) is 4.74 Å². The number of rotatable bonds is 6. The summed E-state index contributed by atoms with van der Waals surface area (Å²) in [5, 5.41) is 0. The van der Waals surface area contributed by atoms with Crippen molar-refractivity contribution in [2.24, 2.45) is 5.92 Å². The lowest BCUT2D eigenvalue weighted by Crippen LogP contribution is -2.17. The van der Waals surface area contributed by atoms with Gasteiger partial charge in [0.1, 0.15) is 12.4 Å². The number of carbonyl (C=O) groups excluding carboxylic acids is 2. The van der Waals surface area contributed by atoms with Crippen LogP contribution in [0.4, 0.5) is 0 Å². The maximum Gasteiger partial charge on any atom is 0.305 e. The minimum Gasteiger partial charge on any atom is -0.465 e. The first kappa shape index (κ1) is 12.1. The van der Waals surface area contributed by atoms with Crippen molar-refractivity contribution >= 4 is 11.8 Å². The number of carbonyl (C=O) groups is 2. The predicted molar refractivity (Wildman–Crippen MR) is 50.3 cm³/mol. The van der Waals surface area contributed by atoms with Crippen molar-refractivity contribution in [3.05, 3.63) is 0 Å². The van der Waals surface area contributed by atoms with Gasteiger partial charge in [-0.3, -0.25) is 9.59 Å². The number of ketones is 1. The molecule has 0 bridgehead atoms. The molecule has 0 aliphatic heterocycles. The van der Waals surface area contributed by atoms with Gasteiger partial charge in [-0.15, -0.1) is 0 Å². The highest BCUT2D eigenvalue weighted by Crippen LogP contribution is 2.01. The van der Waals surface area contributed by atoms with E-state index in [9.17, 15) is 9.59 Å². The van der Waals surface area contributed by atoms with Crippen molar-refractivity contribution in [3.63, 3.8) is 0 Å². The molecular weight excluding hydrogens is 168 g/mol. The van der Waals surface area contributed by atoms with E-state index in [1.165, 1.54) is 6.92 Å². The molecule has 0 N–H and O–H groups in total. The molecule has 0 aliphatic carbocycles. The van der Waals surface area contributed by atoms with Crippen LogP contribution in [0.3, 0.4) is 0 Å². The Hall–Kier alpha value is -0.860. The number of esters is 1. The summed E-state index contributed by atoms with van der Waals surface area (Å²) in [5.74, 6) is -0.316. The van der Waals surface area contributed by atoms with Crippen LogP contribution >= 0.6 is 0 Å². The van der Waals surface area contributed by atoms with Crippen LogP contribution < -0.4 is 0 Å². The number of Topliss-reactive ketones (excluding diaryl/α,β-unsaturated/α-hetero) is 1. The van der Waals surface area contributed by atoms with E-state index in [1.807, 2.05) is 6.92 Å². The van der Waals surface area contributed by atoms with Gasteiger partial charge in [0.25, 0.3) is 0 Å². The molecule has 0 fully saturated rings. The molecule has 0 radical (unpaired) electrons. The summed E-state index contributed by atoms with van der Waals surface area (Å²) in [4.78, 5) is 21.8. The van der Waals surface area contributed by atoms with Gasteiger partial charge in [-0.1, -0.05) is 20.3 Å². The molecule has 1 unspecified atom stereocenters. The molecule has 0 spiro atoms. The lowest BCUT2D eigenvalue weighted by atomic mass is 10.1. The molecule has 1 atom stereocenters. The quantitative estimate of drug-likeness (QED) is 0.595. The smallest absolute Gasteiger partial charge is 0.305 e. The van der Waals surface area contributed by atoms with E-state index < -0.39 is 0 Å². The minimum atomic E-state index is -0.199. The topological polar surface area (TPSA) is 43.4 Å². The van der Waals surface area contributed by atoms with Crippen LogP contribution in [-0.2, 0) is 14.3 Å². The summed E-state index contributed by atoms with van der Waals surface area (Å²) in [6.45, 7) is 5.50. The second-order valence-electron chi connectivity index (χ2n) is 3.30. The Morgan fingerprint density at radius 3 is 2.46 bits per heavy atom. The second kappa shape index (κ2) is 6.63. The van der Waals surface area contributed by atoms with Crippen LogP contribution in [0.25, 0.3) is 0 Å². The number of unbranched alkanes of at least 4 members (excludes halogenated alkanes) is 1. The molecule has 13 heavy (non-hydrogen) atoms. The van der Waals surface area contributed by atoms with Gasteiger partial charge in [-0.2, -0.15) is 0 Å². The summed E-state index contributed by atoms with van der Waals surface area (Å²) < 4.78 is 4.91. The Morgan fingerprint density at radius 2 is 2.00 bits per heavy atom. The zero-order valence-electron chi connectivity index (χ0n) is 8.63. The molecule has 0 aliphatic rings. The molecule has 3 nitrogen and oxygen atoms in total. The summed E-state index contributed by atoms with van der Waals surface area (Å²) >= 11 is 0. The summed E-state index contributed by atoms with van der Waals surface area (Å²) in [7, 11) is 0. The molecular formula is C10H18O3. The first-order valence-electron chi connectivity index (χ1n) is 4.74. The fraction of sp³-hybridized carbons (Fsp3) is 0.800. The van der Waals surface area contributed by atoms with Gasteiger partial charge in [0.2, 0.25) is 0 Å². The molecule has 0 amide bonds. The first-order chi connectivity index (χ1) is 6.07. The highest BCUT2D eigenvalue weighted by atomic mass is 16.5. The Labute approximate surface area is 79.5 Å². The van der Waals surface area contributed by atoms with Crippen LogP contribution in [0.5, 0.6) is 0 Å². The van der Waals surface area contributed by atoms with Gasteiger partial charge in [-0.05, 0) is 13.3 Å². The largest absolute Gasteiger partial charge is 0.465 e. The summed E-state index contributed by atoms with van der Waals surface area (Å²) in [5.41, 5.74) is 0. The Morgan fingerprint density at radius 1 is 1.38 bits per heavy atom. The van der Waals surface area contributed by atoms with E-state index in [2.05, 4.69) is 0 Å². The van der Waals surface area contributed by atoms with Gasteiger partial charge < -0.3 is 4.74 Å². The molecule has 0 rings (SSSR count). The van der Waals surface area contributed by atoms with Gasteiger partial charge in [0, 0.05) is 12.3 Å². The highest BCUT2D eigenvalue weighted by molar-refractivity contribution is 5.78. The van der Waals surface area contributed by atoms with Gasteiger partial charge in [0.15, 0.2) is 0 Å². The molecule has 0 aromatic carbocycles. The van der Waals surface area contributed by atoms with Crippen molar-refractivity contribution in [1.82, 2.24) is 0 Å². The van der Waals surface area contributed by atoms with E-state index in [1.54, 1.807) is 6.92 Å². The van der Waals surface area contributed by atoms with Crippen LogP contribution in [0.15, 0.2) is 0 Å². The Bertz CT molecular complexity index is 175. The molecule has 0 heterocycles. The fourth-order valence-electron chi connectivity index (χ4n) is 0.729. The van der Waals surface area contributed by atoms with E-state index in [-0.39, 0.29) is 24.3 Å². The maximum atomic E-state index is 11.0. The highest BCUT2D eigenvalue weighted by Gasteiger charge is 2.10. The van der Waals surface area contributed by atoms with E-state index >= 15 is 0 Å². The van der Waals surface area contributed by atoms with Crippen LogP contribution in [0.1, 0.15) is 40.0 Å². The molecule has 76 valence electrons. The molecule has 0 saturated heterocycles. The fourth-order valence-corrected chi connectivity index (χ4v) is 0.729. The van der Waals surface area contributed by atoms with Gasteiger partial charge >= 0.3 is 5.97 Å². The number of hydrogen-bond acceptors (Lipinski definition) is 3. The predicted octanol–water partition coefficient (Wildman–Crippen LogP) is 1.94. The molecule has 0 aromatic heterocycles. The monoisotopic (exact) mass is 186 g/mol. The van der Waals surface area contributed by atoms with E-state index in [0.717, 1.165) is 12.8 Å². The summed E-state index contributed by atoms with van der Waals surface area (Å²) in [6, 6.07) is 0. The normalized spacial score (nSPS) is 12.2. The first-order valence-corrected chi connectivity index (χ1v) is 4.74. The van der Waals surface area contributed by atoms with Crippen LogP contribution in [0.2, 0.25) is 0 Å². The van der Waals surface area contributed by atoms with Crippen LogP contribution in [-0.4, -0.2) is 18.4 Å². The third kappa shape index (κ3) is 6.31. The van der Waals surface area contributed by atoms with E-state index in [0.29, 0.717) is 6.42 Å². The molecule has 0 saturated carbocycles. The Kier molecular flexibility index (Phi) is 6.20. The average Bonchev–Trinajstić information content (AvgIpc) is 2.10. The molecule has 3 heteroatoms. The van der Waals surface area contributed by atoms with Crippen LogP contribution in [0, 0.1) is 5.92 Å². The van der Waals surface area contributed by atoms with Gasteiger partial charge in [-0.25, -0.2) is 0 Å². The molecule has 0 aromatic rings. The lowest BCUT2D eigenvalue weighted by Gasteiger charge is -2.08. The second-order valence-corrected chi connectivity index (χ2v) is 3.30. The lowest BCUT2D eigenvalue weighted by molar-refractivity contribution is -0.145. The van der Waals surface area contributed by atoms with Crippen molar-refractivity contribution in [2.45, 2.75) is 40.0 Å². The zero-order chi connectivity index (χ0) is 10.3. The van der Waals surface area contributed by atoms with Crippen molar-refractivity contribution in [3.8, 4) is 0 Å². The van der Waals surface area contributed by atoms with Gasteiger partial charge in [0.05, 0.1) is 0 Å². The number of hydrogen-bond donors (Lipinski definition) is 0.